The van der Waals surface area contributed by atoms with Gasteiger partial charge >= 0.3 is 16.3 Å². The van der Waals surface area contributed by atoms with Crippen molar-refractivity contribution >= 4 is 16.3 Å². The Kier molecular flexibility index (Phi) is 6.90. The molecule has 0 unspecified atom stereocenters. The number of aliphatic hydroxyl groups is 1. The Bertz CT molecular complexity index is 336. The molecule has 2 N–H and O–H groups in total. The summed E-state index contributed by atoms with van der Waals surface area (Å²) in [5.74, 6) is -0.588. The van der Waals surface area contributed by atoms with Crippen LogP contribution in [0.4, 0.5) is 0 Å². The Morgan fingerprint density at radius 1 is 1.44 bits per heavy atom. The van der Waals surface area contributed by atoms with Crippen molar-refractivity contribution < 1.29 is 27.2 Å². The van der Waals surface area contributed by atoms with Gasteiger partial charge in [-0.05, 0) is 6.92 Å². The average Bonchev–Trinajstić information content (AvgIpc) is 2.21. The van der Waals surface area contributed by atoms with E-state index in [1.165, 1.54) is 6.92 Å². The summed E-state index contributed by atoms with van der Waals surface area (Å²) >= 11 is 0. The van der Waals surface area contributed by atoms with Gasteiger partial charge in [0.15, 0.2) is 0 Å². The lowest BCUT2D eigenvalue weighted by Crippen LogP contribution is -2.30. The maximum absolute atomic E-state index is 11.0. The molecule has 0 aromatic carbocycles. The minimum atomic E-state index is -3.89. The third-order valence-corrected chi connectivity index (χ3v) is 2.33. The van der Waals surface area contributed by atoms with Crippen molar-refractivity contribution in [2.24, 2.45) is 0 Å². The first-order chi connectivity index (χ1) is 7.39. The topological polar surface area (TPSA) is 102 Å². The van der Waals surface area contributed by atoms with Crippen LogP contribution in [0.2, 0.25) is 0 Å². The molecule has 0 aromatic heterocycles. The Morgan fingerprint density at radius 3 is 2.56 bits per heavy atom. The van der Waals surface area contributed by atoms with Crippen LogP contribution in [-0.4, -0.2) is 45.9 Å². The Morgan fingerprint density at radius 2 is 2.06 bits per heavy atom. The predicted molar refractivity (Wildman–Crippen MR) is 55.7 cm³/mol. The van der Waals surface area contributed by atoms with Crippen molar-refractivity contribution in [3.63, 3.8) is 0 Å². The zero-order valence-electron chi connectivity index (χ0n) is 8.93. The minimum Gasteiger partial charge on any atom is -0.461 e. The van der Waals surface area contributed by atoms with E-state index in [1.54, 1.807) is 0 Å². The molecule has 0 aromatic rings. The maximum Gasteiger partial charge on any atom is 0.336 e. The van der Waals surface area contributed by atoms with Gasteiger partial charge in [0, 0.05) is 12.1 Å². The second-order valence-electron chi connectivity index (χ2n) is 2.81. The molecule has 8 heteroatoms. The number of carbonyl (C=O) groups is 1. The van der Waals surface area contributed by atoms with Gasteiger partial charge in [-0.2, -0.15) is 13.1 Å². The van der Waals surface area contributed by atoms with Crippen LogP contribution in [0.5, 0.6) is 0 Å². The lowest BCUT2D eigenvalue weighted by Gasteiger charge is -2.06. The number of nitrogens with one attached hydrogen (secondary N) is 1. The van der Waals surface area contributed by atoms with Crippen LogP contribution in [0.3, 0.4) is 0 Å². The molecular formula is C8H15NO6S. The third kappa shape index (κ3) is 7.35. The number of aliphatic hydroxyl groups excluding tert-OH is 1. The maximum atomic E-state index is 11.0. The molecule has 0 saturated heterocycles. The zero-order valence-corrected chi connectivity index (χ0v) is 9.75. The minimum absolute atomic E-state index is 0.104. The molecule has 16 heavy (non-hydrogen) atoms. The molecule has 7 nitrogen and oxygen atoms in total. The molecule has 0 amide bonds. The highest BCUT2D eigenvalue weighted by molar-refractivity contribution is 7.84. The van der Waals surface area contributed by atoms with E-state index in [2.05, 4.69) is 15.5 Å². The largest absolute Gasteiger partial charge is 0.461 e. The average molecular weight is 253 g/mol. The van der Waals surface area contributed by atoms with E-state index in [9.17, 15) is 13.2 Å². The Hall–Kier alpha value is -0.960. The smallest absolute Gasteiger partial charge is 0.336 e. The van der Waals surface area contributed by atoms with Crippen molar-refractivity contribution in [3.8, 4) is 0 Å². The van der Waals surface area contributed by atoms with Crippen LogP contribution in [0.25, 0.3) is 0 Å². The van der Waals surface area contributed by atoms with Gasteiger partial charge in [-0.25, -0.2) is 4.79 Å². The number of esters is 1. The summed E-state index contributed by atoms with van der Waals surface area (Å²) in [6, 6.07) is 0. The summed E-state index contributed by atoms with van der Waals surface area (Å²) in [6.07, 6.45) is 0. The second-order valence-corrected chi connectivity index (χ2v) is 4.24. The highest BCUT2D eigenvalue weighted by atomic mass is 32.2. The van der Waals surface area contributed by atoms with Crippen molar-refractivity contribution in [1.82, 2.24) is 4.72 Å². The van der Waals surface area contributed by atoms with E-state index >= 15 is 0 Å². The molecular weight excluding hydrogens is 238 g/mol. The first-order valence-corrected chi connectivity index (χ1v) is 5.87. The van der Waals surface area contributed by atoms with Gasteiger partial charge in [-0.15, -0.1) is 0 Å². The van der Waals surface area contributed by atoms with Crippen LogP contribution < -0.4 is 4.72 Å². The molecule has 0 aliphatic carbocycles. The summed E-state index contributed by atoms with van der Waals surface area (Å²) in [4.78, 5) is 10.9. The number of rotatable bonds is 8. The molecule has 0 rings (SSSR count). The zero-order chi connectivity index (χ0) is 12.6. The number of hydrogen-bond acceptors (Lipinski definition) is 6. The Balaban J connectivity index is 3.74. The molecule has 0 aliphatic heterocycles. The van der Waals surface area contributed by atoms with Gasteiger partial charge in [0.2, 0.25) is 0 Å². The van der Waals surface area contributed by atoms with Crippen molar-refractivity contribution in [2.45, 2.75) is 6.92 Å². The van der Waals surface area contributed by atoms with E-state index in [0.29, 0.717) is 0 Å². The molecule has 0 radical (unpaired) electrons. The molecule has 0 bridgehead atoms. The SMILES string of the molecule is C=C(C)C(=O)OCCNS(=O)(=O)OCCO. The highest BCUT2D eigenvalue weighted by Gasteiger charge is 2.09. The van der Waals surface area contributed by atoms with Gasteiger partial charge in [-0.1, -0.05) is 6.58 Å². The fraction of sp³-hybridized carbons (Fsp3) is 0.625. The van der Waals surface area contributed by atoms with Crippen molar-refractivity contribution in [1.29, 1.82) is 0 Å². The second kappa shape index (κ2) is 7.34. The lowest BCUT2D eigenvalue weighted by atomic mass is 10.4. The van der Waals surface area contributed by atoms with Crippen molar-refractivity contribution in [2.75, 3.05) is 26.4 Å². The van der Waals surface area contributed by atoms with E-state index in [1.807, 2.05) is 4.72 Å². The third-order valence-electron chi connectivity index (χ3n) is 1.29. The summed E-state index contributed by atoms with van der Waals surface area (Å²) in [5.41, 5.74) is 0.236. The van der Waals surface area contributed by atoms with E-state index in [-0.39, 0.29) is 25.3 Å². The molecule has 0 aliphatic rings. The molecule has 0 spiro atoms. The molecule has 0 heterocycles. The summed E-state index contributed by atoms with van der Waals surface area (Å²) in [7, 11) is -3.89. The fourth-order valence-electron chi connectivity index (χ4n) is 0.622. The van der Waals surface area contributed by atoms with E-state index in [0.717, 1.165) is 0 Å². The van der Waals surface area contributed by atoms with Crippen molar-refractivity contribution in [3.05, 3.63) is 12.2 Å². The first-order valence-electron chi connectivity index (χ1n) is 4.46. The fourth-order valence-corrected chi connectivity index (χ4v) is 1.33. The number of hydrogen-bond donors (Lipinski definition) is 2. The summed E-state index contributed by atoms with van der Waals surface area (Å²) in [6.45, 7) is 3.90. The molecule has 0 fully saturated rings. The van der Waals surface area contributed by atoms with Gasteiger partial charge < -0.3 is 9.84 Å². The van der Waals surface area contributed by atoms with Crippen LogP contribution in [-0.2, 0) is 24.0 Å². The van der Waals surface area contributed by atoms with Crippen LogP contribution in [0, 0.1) is 0 Å². The monoisotopic (exact) mass is 253 g/mol. The highest BCUT2D eigenvalue weighted by Crippen LogP contribution is 1.91. The van der Waals surface area contributed by atoms with E-state index in [4.69, 9.17) is 5.11 Å². The van der Waals surface area contributed by atoms with E-state index < -0.39 is 22.9 Å². The molecule has 94 valence electrons. The predicted octanol–water partition coefficient (Wildman–Crippen LogP) is -1.05. The molecule has 0 saturated carbocycles. The normalized spacial score (nSPS) is 11.1. The van der Waals surface area contributed by atoms with Gasteiger partial charge in [-0.3, -0.25) is 4.18 Å². The standard InChI is InChI=1S/C8H15NO6S/c1-7(2)8(11)14-5-3-9-16(12,13)15-6-4-10/h9-10H,1,3-6H2,2H3. The van der Waals surface area contributed by atoms with Gasteiger partial charge in [0.25, 0.3) is 0 Å². The lowest BCUT2D eigenvalue weighted by molar-refractivity contribution is -0.138. The van der Waals surface area contributed by atoms with Crippen LogP contribution >= 0.6 is 0 Å². The molecule has 0 atom stereocenters. The van der Waals surface area contributed by atoms with Crippen LogP contribution in [0.15, 0.2) is 12.2 Å². The Labute approximate surface area is 94.3 Å². The van der Waals surface area contributed by atoms with Gasteiger partial charge in [0.1, 0.15) is 6.61 Å². The number of carbonyl (C=O) groups excluding carboxylic acids is 1. The summed E-state index contributed by atoms with van der Waals surface area (Å²) < 4.78 is 32.9. The summed E-state index contributed by atoms with van der Waals surface area (Å²) in [5, 5.41) is 8.34. The number of ether oxygens (including phenoxy) is 1. The quantitative estimate of drug-likeness (QED) is 0.325. The van der Waals surface area contributed by atoms with Gasteiger partial charge in [0.05, 0.1) is 13.2 Å². The first kappa shape index (κ1) is 15.0. The van der Waals surface area contributed by atoms with Crippen LogP contribution in [0.1, 0.15) is 6.92 Å².